The molecule has 1 aromatic carbocycles. The van der Waals surface area contributed by atoms with Gasteiger partial charge in [-0.15, -0.1) is 0 Å². The minimum Gasteiger partial charge on any atom is -0.358 e. The molecular formula is C15H15F4N3S. The quantitative estimate of drug-likeness (QED) is 0.636. The molecular weight excluding hydrogens is 330 g/mol. The monoisotopic (exact) mass is 345 g/mol. The molecule has 0 bridgehead atoms. The summed E-state index contributed by atoms with van der Waals surface area (Å²) >= 11 is 1.23. The first-order chi connectivity index (χ1) is 10.9. The Labute approximate surface area is 135 Å². The van der Waals surface area contributed by atoms with Crippen molar-refractivity contribution in [3.63, 3.8) is 0 Å². The van der Waals surface area contributed by atoms with Crippen molar-refractivity contribution in [2.45, 2.75) is 42.8 Å². The number of hydrogen-bond acceptors (Lipinski definition) is 4. The van der Waals surface area contributed by atoms with E-state index in [0.29, 0.717) is 22.9 Å². The van der Waals surface area contributed by atoms with E-state index in [-0.39, 0.29) is 18.7 Å². The van der Waals surface area contributed by atoms with E-state index in [1.54, 1.807) is 0 Å². The average Bonchev–Trinajstić information content (AvgIpc) is 3.21. The van der Waals surface area contributed by atoms with Gasteiger partial charge in [0.25, 0.3) is 0 Å². The fourth-order valence-electron chi connectivity index (χ4n) is 3.15. The smallest absolute Gasteiger partial charge is 0.358 e. The number of halogens is 4. The molecule has 0 aromatic heterocycles. The summed E-state index contributed by atoms with van der Waals surface area (Å²) in [4.78, 5) is 6.32. The van der Waals surface area contributed by atoms with Crippen molar-refractivity contribution in [2.24, 2.45) is 10.9 Å². The SMILES string of the molecule is Fc1cc2c(c(N3CCC[C@H]3C(F)(F)F)c1)N=C(C1CC1)NS2. The van der Waals surface area contributed by atoms with E-state index in [1.807, 2.05) is 0 Å². The molecule has 2 fully saturated rings. The summed E-state index contributed by atoms with van der Waals surface area (Å²) in [5.41, 5.74) is 0.722. The summed E-state index contributed by atoms with van der Waals surface area (Å²) in [6, 6.07) is 0.943. The number of nitrogens with one attached hydrogen (secondary N) is 1. The van der Waals surface area contributed by atoms with Crippen molar-refractivity contribution in [2.75, 3.05) is 11.4 Å². The number of benzene rings is 1. The molecule has 1 aromatic rings. The highest BCUT2D eigenvalue weighted by molar-refractivity contribution is 7.98. The van der Waals surface area contributed by atoms with E-state index in [9.17, 15) is 17.6 Å². The van der Waals surface area contributed by atoms with Crippen LogP contribution in [0.5, 0.6) is 0 Å². The zero-order valence-corrected chi connectivity index (χ0v) is 13.0. The highest BCUT2D eigenvalue weighted by atomic mass is 32.2. The summed E-state index contributed by atoms with van der Waals surface area (Å²) in [6.45, 7) is 0.270. The number of nitrogens with zero attached hydrogens (tertiary/aromatic N) is 2. The molecule has 3 nitrogen and oxygen atoms in total. The predicted molar refractivity (Wildman–Crippen MR) is 81.6 cm³/mol. The van der Waals surface area contributed by atoms with E-state index in [4.69, 9.17) is 0 Å². The number of aliphatic imine (C=N–C) groups is 1. The van der Waals surface area contributed by atoms with Gasteiger partial charge in [0.05, 0.1) is 10.6 Å². The number of alkyl halides is 3. The van der Waals surface area contributed by atoms with Crippen LogP contribution in [0.1, 0.15) is 25.7 Å². The van der Waals surface area contributed by atoms with Crippen molar-refractivity contribution in [3.8, 4) is 0 Å². The van der Waals surface area contributed by atoms with Crippen LogP contribution < -0.4 is 9.62 Å². The summed E-state index contributed by atoms with van der Waals surface area (Å²) in [5, 5.41) is 0. The maximum atomic E-state index is 13.9. The normalized spacial score (nSPS) is 24.3. The molecule has 3 aliphatic rings. The number of rotatable bonds is 2. The Kier molecular flexibility index (Phi) is 3.48. The van der Waals surface area contributed by atoms with Gasteiger partial charge in [-0.3, -0.25) is 0 Å². The molecule has 1 saturated carbocycles. The zero-order chi connectivity index (χ0) is 16.2. The van der Waals surface area contributed by atoms with Crippen LogP contribution in [0.4, 0.5) is 28.9 Å². The van der Waals surface area contributed by atoms with E-state index >= 15 is 0 Å². The van der Waals surface area contributed by atoms with Gasteiger partial charge in [0.2, 0.25) is 0 Å². The molecule has 0 amide bonds. The van der Waals surface area contributed by atoms with Crippen LogP contribution in [0.25, 0.3) is 0 Å². The third-order valence-electron chi connectivity index (χ3n) is 4.42. The highest BCUT2D eigenvalue weighted by Crippen LogP contribution is 2.46. The second-order valence-electron chi connectivity index (χ2n) is 6.14. The molecule has 0 radical (unpaired) electrons. The van der Waals surface area contributed by atoms with Crippen LogP contribution in [0, 0.1) is 11.7 Å². The second-order valence-corrected chi connectivity index (χ2v) is 6.99. The molecule has 1 N–H and O–H groups in total. The number of hydrogen-bond donors (Lipinski definition) is 1. The minimum atomic E-state index is -4.32. The van der Waals surface area contributed by atoms with E-state index in [2.05, 4.69) is 9.71 Å². The summed E-state index contributed by atoms with van der Waals surface area (Å²) in [5.74, 6) is 0.606. The molecule has 2 aliphatic heterocycles. The molecule has 1 atom stereocenters. The third-order valence-corrected chi connectivity index (χ3v) is 5.26. The predicted octanol–water partition coefficient (Wildman–Crippen LogP) is 4.41. The zero-order valence-electron chi connectivity index (χ0n) is 12.2. The van der Waals surface area contributed by atoms with Gasteiger partial charge in [-0.1, -0.05) is 0 Å². The van der Waals surface area contributed by atoms with Gasteiger partial charge in [-0.2, -0.15) is 13.2 Å². The molecule has 8 heteroatoms. The van der Waals surface area contributed by atoms with Gasteiger partial charge in [-0.05, 0) is 49.8 Å². The van der Waals surface area contributed by atoms with Crippen LogP contribution in [0.15, 0.2) is 22.0 Å². The first-order valence-electron chi connectivity index (χ1n) is 7.62. The summed E-state index contributed by atoms with van der Waals surface area (Å²) in [7, 11) is 0. The Bertz CT molecular complexity index is 669. The van der Waals surface area contributed by atoms with Crippen LogP contribution in [-0.4, -0.2) is 24.6 Å². The maximum absolute atomic E-state index is 13.9. The molecule has 0 spiro atoms. The Morgan fingerprint density at radius 2 is 2.00 bits per heavy atom. The molecule has 0 unspecified atom stereocenters. The second kappa shape index (κ2) is 5.29. The van der Waals surface area contributed by atoms with Crippen LogP contribution in [0.3, 0.4) is 0 Å². The van der Waals surface area contributed by atoms with Gasteiger partial charge < -0.3 is 9.62 Å². The lowest BCUT2D eigenvalue weighted by molar-refractivity contribution is -0.145. The molecule has 23 heavy (non-hydrogen) atoms. The van der Waals surface area contributed by atoms with Crippen molar-refractivity contribution in [3.05, 3.63) is 17.9 Å². The number of fused-ring (bicyclic) bond motifs is 1. The fourth-order valence-corrected chi connectivity index (χ4v) is 3.99. The first kappa shape index (κ1) is 15.1. The first-order valence-corrected chi connectivity index (χ1v) is 8.43. The van der Waals surface area contributed by atoms with Crippen LogP contribution >= 0.6 is 11.9 Å². The minimum absolute atomic E-state index is 0.0410. The number of amidine groups is 1. The van der Waals surface area contributed by atoms with E-state index in [0.717, 1.165) is 18.7 Å². The maximum Gasteiger partial charge on any atom is 0.408 e. The molecule has 2 heterocycles. The van der Waals surface area contributed by atoms with Crippen molar-refractivity contribution in [1.29, 1.82) is 0 Å². The summed E-state index contributed by atoms with van der Waals surface area (Å²) < 4.78 is 56.8. The van der Waals surface area contributed by atoms with Crippen LogP contribution in [-0.2, 0) is 0 Å². The third kappa shape index (κ3) is 2.77. The molecule has 4 rings (SSSR count). The Morgan fingerprint density at radius 1 is 1.22 bits per heavy atom. The Hall–Kier alpha value is -1.44. The van der Waals surface area contributed by atoms with Crippen LogP contribution in [0.2, 0.25) is 0 Å². The molecule has 1 saturated heterocycles. The lowest BCUT2D eigenvalue weighted by Gasteiger charge is -2.31. The van der Waals surface area contributed by atoms with Gasteiger partial charge >= 0.3 is 6.18 Å². The summed E-state index contributed by atoms with van der Waals surface area (Å²) in [6.07, 6.45) is -1.77. The lowest BCUT2D eigenvalue weighted by Crippen LogP contribution is -2.41. The lowest BCUT2D eigenvalue weighted by atomic mass is 10.1. The van der Waals surface area contributed by atoms with Gasteiger partial charge in [0.1, 0.15) is 23.4 Å². The number of anilines is 1. The van der Waals surface area contributed by atoms with E-state index in [1.165, 1.54) is 29.0 Å². The highest BCUT2D eigenvalue weighted by Gasteiger charge is 2.47. The molecule has 1 aliphatic carbocycles. The largest absolute Gasteiger partial charge is 0.408 e. The Balaban J connectivity index is 1.78. The van der Waals surface area contributed by atoms with Gasteiger partial charge in [-0.25, -0.2) is 9.38 Å². The van der Waals surface area contributed by atoms with Gasteiger partial charge in [0, 0.05) is 12.5 Å². The van der Waals surface area contributed by atoms with Gasteiger partial charge in [0.15, 0.2) is 0 Å². The average molecular weight is 345 g/mol. The Morgan fingerprint density at radius 3 is 2.70 bits per heavy atom. The topological polar surface area (TPSA) is 27.6 Å². The van der Waals surface area contributed by atoms with Crippen molar-refractivity contribution in [1.82, 2.24) is 4.72 Å². The van der Waals surface area contributed by atoms with Crippen molar-refractivity contribution < 1.29 is 17.6 Å². The standard InChI is InChI=1S/C15H15F4N3S/c16-9-6-10(22-5-1-2-12(22)15(17,18)19)13-11(7-9)23-21-14(20-13)8-3-4-8/h6-8,12H,1-5H2,(H,20,21)/t12-/m0/s1. The fraction of sp³-hybridized carbons (Fsp3) is 0.533. The van der Waals surface area contributed by atoms with E-state index < -0.39 is 18.0 Å². The van der Waals surface area contributed by atoms with Crippen molar-refractivity contribution >= 4 is 29.2 Å². The molecule has 124 valence electrons.